The van der Waals surface area contributed by atoms with Crippen LogP contribution >= 0.6 is 15.9 Å². The van der Waals surface area contributed by atoms with E-state index in [2.05, 4.69) is 43.7 Å². The van der Waals surface area contributed by atoms with Crippen LogP contribution in [0.4, 0.5) is 0 Å². The van der Waals surface area contributed by atoms with Crippen LogP contribution in [0.2, 0.25) is 0 Å². The van der Waals surface area contributed by atoms with E-state index in [0.29, 0.717) is 11.3 Å². The second kappa shape index (κ2) is 7.73. The molecule has 117 valence electrons. The van der Waals surface area contributed by atoms with Crippen LogP contribution in [0.5, 0.6) is 5.75 Å². The van der Waals surface area contributed by atoms with E-state index in [1.165, 1.54) is 0 Å². The van der Waals surface area contributed by atoms with E-state index in [9.17, 15) is 5.26 Å². The van der Waals surface area contributed by atoms with Crippen molar-refractivity contribution in [1.82, 2.24) is 14.8 Å². The van der Waals surface area contributed by atoms with Crippen LogP contribution in [0.1, 0.15) is 5.56 Å². The van der Waals surface area contributed by atoms with Crippen LogP contribution in [0.3, 0.4) is 0 Å². The van der Waals surface area contributed by atoms with Crippen molar-refractivity contribution in [1.29, 1.82) is 5.26 Å². The maximum Gasteiger partial charge on any atom is 0.129 e. The molecule has 1 aliphatic rings. The molecule has 0 spiro atoms. The summed E-state index contributed by atoms with van der Waals surface area (Å²) in [6.45, 7) is 6.35. The second-order valence-corrected chi connectivity index (χ2v) is 6.26. The molecule has 2 atom stereocenters. The lowest BCUT2D eigenvalue weighted by Crippen LogP contribution is -2.55. The number of hydrogen-bond acceptors (Lipinski definition) is 5. The first-order valence-corrected chi connectivity index (χ1v) is 7.99. The molecule has 0 N–H and O–H groups in total. The number of alkyl halides is 1. The van der Waals surface area contributed by atoms with Gasteiger partial charge in [0.25, 0.3) is 0 Å². The van der Waals surface area contributed by atoms with Crippen molar-refractivity contribution in [2.75, 3.05) is 33.8 Å². The minimum Gasteiger partial charge on any atom is -0.496 e. The number of hydrogen-bond donors (Lipinski definition) is 0. The van der Waals surface area contributed by atoms with Crippen LogP contribution in [0, 0.1) is 18.3 Å². The van der Waals surface area contributed by atoms with Crippen molar-refractivity contribution in [3.05, 3.63) is 36.5 Å². The van der Waals surface area contributed by atoms with Crippen LogP contribution in [0.25, 0.3) is 6.08 Å². The lowest BCUT2D eigenvalue weighted by atomic mass is 10.0. The van der Waals surface area contributed by atoms with Crippen molar-refractivity contribution in [3.8, 4) is 11.8 Å². The first-order chi connectivity index (χ1) is 10.6. The van der Waals surface area contributed by atoms with Gasteiger partial charge in [0.1, 0.15) is 5.75 Å². The number of nitriles is 1. The fourth-order valence-corrected chi connectivity index (χ4v) is 3.24. The van der Waals surface area contributed by atoms with Crippen molar-refractivity contribution in [2.24, 2.45) is 0 Å². The zero-order valence-electron chi connectivity index (χ0n) is 12.9. The Kier molecular flexibility index (Phi) is 5.95. The number of aromatic nitrogens is 1. The SMILES string of the molecule is [CH2]CN1CC(Br)N(C)C(/C(C#N)=C/c2cnccc2OC)C1. The summed E-state index contributed by atoms with van der Waals surface area (Å²) in [5.74, 6) is 0.714. The molecule has 1 aliphatic heterocycles. The minimum absolute atomic E-state index is 0.00906. The Labute approximate surface area is 140 Å². The Bertz CT molecular complexity index is 584. The van der Waals surface area contributed by atoms with Gasteiger partial charge in [-0.25, -0.2) is 0 Å². The van der Waals surface area contributed by atoms with Gasteiger partial charge in [-0.3, -0.25) is 14.8 Å². The molecule has 2 unspecified atom stereocenters. The van der Waals surface area contributed by atoms with Crippen LogP contribution < -0.4 is 4.74 Å². The van der Waals surface area contributed by atoms with Crippen molar-refractivity contribution < 1.29 is 4.74 Å². The molecule has 2 heterocycles. The molecule has 1 aromatic heterocycles. The Morgan fingerprint density at radius 1 is 1.64 bits per heavy atom. The monoisotopic (exact) mass is 363 g/mol. The Hall–Kier alpha value is -1.42. The molecule has 1 aromatic rings. The average Bonchev–Trinajstić information content (AvgIpc) is 2.55. The van der Waals surface area contributed by atoms with Gasteiger partial charge < -0.3 is 4.74 Å². The topological polar surface area (TPSA) is 52.4 Å². The van der Waals surface area contributed by atoms with E-state index in [1.807, 2.05) is 13.1 Å². The number of methoxy groups -OCH3 is 1. The third kappa shape index (κ3) is 3.67. The lowest BCUT2D eigenvalue weighted by molar-refractivity contribution is 0.112. The number of halogens is 1. The molecule has 1 radical (unpaired) electrons. The number of rotatable bonds is 4. The van der Waals surface area contributed by atoms with E-state index in [4.69, 9.17) is 4.74 Å². The van der Waals surface area contributed by atoms with E-state index in [0.717, 1.165) is 25.2 Å². The van der Waals surface area contributed by atoms with Gasteiger partial charge in [0, 0.05) is 36.6 Å². The van der Waals surface area contributed by atoms with E-state index < -0.39 is 0 Å². The Morgan fingerprint density at radius 3 is 3.05 bits per heavy atom. The summed E-state index contributed by atoms with van der Waals surface area (Å²) in [5, 5.41) is 9.61. The number of piperazine rings is 1. The molecule has 0 aromatic carbocycles. The second-order valence-electron chi connectivity index (χ2n) is 5.20. The highest BCUT2D eigenvalue weighted by Crippen LogP contribution is 2.26. The predicted octanol–water partition coefficient (Wildman–Crippen LogP) is 2.17. The number of likely N-dealkylation sites (N-methyl/N-ethyl adjacent to an activating group) is 1. The van der Waals surface area contributed by atoms with Crippen molar-refractivity contribution in [3.63, 3.8) is 0 Å². The normalized spacial score (nSPS) is 24.0. The van der Waals surface area contributed by atoms with Crippen LogP contribution in [-0.4, -0.2) is 59.6 Å². The van der Waals surface area contributed by atoms with Gasteiger partial charge in [-0.1, -0.05) is 15.9 Å². The number of ether oxygens (including phenoxy) is 1. The van der Waals surface area contributed by atoms with Gasteiger partial charge in [0.15, 0.2) is 0 Å². The average molecular weight is 364 g/mol. The minimum atomic E-state index is 0.00906. The maximum atomic E-state index is 9.61. The third-order valence-electron chi connectivity index (χ3n) is 3.92. The molecule has 0 amide bonds. The Morgan fingerprint density at radius 2 is 2.41 bits per heavy atom. The first-order valence-electron chi connectivity index (χ1n) is 7.08. The molecular formula is C16H20BrN4O. The quantitative estimate of drug-likeness (QED) is 0.466. The molecule has 2 rings (SSSR count). The summed E-state index contributed by atoms with van der Waals surface area (Å²) in [4.78, 5) is 8.71. The van der Waals surface area contributed by atoms with E-state index in [-0.39, 0.29) is 11.0 Å². The molecule has 0 aliphatic carbocycles. The molecular weight excluding hydrogens is 344 g/mol. The predicted molar refractivity (Wildman–Crippen MR) is 90.4 cm³/mol. The Balaban J connectivity index is 2.34. The molecule has 22 heavy (non-hydrogen) atoms. The summed E-state index contributed by atoms with van der Waals surface area (Å²) in [7, 11) is 3.64. The number of nitrogens with zero attached hydrogens (tertiary/aromatic N) is 4. The standard InChI is InChI=1S/C16H20BrN4O/c1-4-21-10-14(20(2)16(17)11-21)12(8-18)7-13-9-19-6-5-15(13)22-3/h5-7,9,14,16H,1,4,10-11H2,2-3H3/b12-7+. The van der Waals surface area contributed by atoms with Crippen molar-refractivity contribution in [2.45, 2.75) is 11.0 Å². The molecule has 6 heteroatoms. The van der Waals surface area contributed by atoms with E-state index >= 15 is 0 Å². The third-order valence-corrected chi connectivity index (χ3v) is 4.85. The fourth-order valence-electron chi connectivity index (χ4n) is 2.54. The van der Waals surface area contributed by atoms with Crippen LogP contribution in [-0.2, 0) is 0 Å². The first kappa shape index (κ1) is 16.9. The lowest BCUT2D eigenvalue weighted by Gasteiger charge is -2.42. The van der Waals surface area contributed by atoms with Gasteiger partial charge in [-0.05, 0) is 32.7 Å². The summed E-state index contributed by atoms with van der Waals surface area (Å²) >= 11 is 3.67. The maximum absolute atomic E-state index is 9.61. The van der Waals surface area contributed by atoms with Gasteiger partial charge >= 0.3 is 0 Å². The van der Waals surface area contributed by atoms with Gasteiger partial charge in [0.05, 0.1) is 24.2 Å². The van der Waals surface area contributed by atoms with E-state index in [1.54, 1.807) is 25.6 Å². The molecule has 0 saturated carbocycles. The zero-order valence-corrected chi connectivity index (χ0v) is 14.5. The largest absolute Gasteiger partial charge is 0.496 e. The fraction of sp³-hybridized carbons (Fsp3) is 0.438. The summed E-state index contributed by atoms with van der Waals surface area (Å²) in [6, 6.07) is 4.14. The molecule has 0 bridgehead atoms. The highest BCUT2D eigenvalue weighted by molar-refractivity contribution is 9.09. The molecule has 1 fully saturated rings. The van der Waals surface area contributed by atoms with Crippen LogP contribution in [0.15, 0.2) is 24.0 Å². The van der Waals surface area contributed by atoms with Crippen molar-refractivity contribution >= 4 is 22.0 Å². The summed E-state index contributed by atoms with van der Waals surface area (Å²) < 4.78 is 5.33. The highest BCUT2D eigenvalue weighted by Gasteiger charge is 2.32. The molecule has 5 nitrogen and oxygen atoms in total. The van der Waals surface area contributed by atoms with Gasteiger partial charge in [-0.2, -0.15) is 5.26 Å². The smallest absolute Gasteiger partial charge is 0.129 e. The summed E-state index contributed by atoms with van der Waals surface area (Å²) in [5.41, 5.74) is 1.50. The number of pyridine rings is 1. The highest BCUT2D eigenvalue weighted by atomic mass is 79.9. The summed E-state index contributed by atoms with van der Waals surface area (Å²) in [6.07, 6.45) is 5.25. The molecule has 1 saturated heterocycles. The van der Waals surface area contributed by atoms with Gasteiger partial charge in [0.2, 0.25) is 0 Å². The van der Waals surface area contributed by atoms with Gasteiger partial charge in [-0.15, -0.1) is 0 Å². The zero-order chi connectivity index (χ0) is 16.1.